The fourth-order valence-electron chi connectivity index (χ4n) is 3.76. The van der Waals surface area contributed by atoms with Crippen molar-refractivity contribution >= 4 is 22.1 Å². The minimum Gasteiger partial charge on any atom is -0.494 e. The molecule has 1 amide bonds. The number of rotatable bonds is 7. The van der Waals surface area contributed by atoms with Gasteiger partial charge in [-0.3, -0.25) is 9.29 Å². The first-order valence-electron chi connectivity index (χ1n) is 10.1. The summed E-state index contributed by atoms with van der Waals surface area (Å²) >= 11 is 0. The van der Waals surface area contributed by atoms with Crippen LogP contribution in [0.3, 0.4) is 0 Å². The SMILES string of the molecule is COc1cccc(OC)c1-n1c(NS(=O)(=O)C2CCCN(C(=O)O)C2)nnc1-c1ccco1. The Bertz CT molecular complexity index is 1220. The largest absolute Gasteiger partial charge is 0.494 e. The molecule has 0 bridgehead atoms. The molecule has 1 unspecified atom stereocenters. The zero-order valence-electron chi connectivity index (χ0n) is 18.0. The Morgan fingerprint density at radius 3 is 2.52 bits per heavy atom. The van der Waals surface area contributed by atoms with Crippen molar-refractivity contribution in [2.75, 3.05) is 32.0 Å². The van der Waals surface area contributed by atoms with Gasteiger partial charge in [-0.2, -0.15) is 0 Å². The van der Waals surface area contributed by atoms with Gasteiger partial charge in [0.15, 0.2) is 5.76 Å². The molecule has 1 fully saturated rings. The van der Waals surface area contributed by atoms with Gasteiger partial charge in [-0.25, -0.2) is 13.2 Å². The van der Waals surface area contributed by atoms with Gasteiger partial charge in [0.1, 0.15) is 17.2 Å². The zero-order valence-corrected chi connectivity index (χ0v) is 18.8. The van der Waals surface area contributed by atoms with E-state index in [-0.39, 0.29) is 18.3 Å². The van der Waals surface area contributed by atoms with Crippen molar-refractivity contribution in [1.29, 1.82) is 0 Å². The molecule has 4 rings (SSSR count). The number of ether oxygens (including phenoxy) is 2. The number of hydrogen-bond acceptors (Lipinski definition) is 8. The van der Waals surface area contributed by atoms with Crippen molar-refractivity contribution in [2.24, 2.45) is 0 Å². The number of carbonyl (C=O) groups is 1. The molecular weight excluding hydrogens is 454 g/mol. The average Bonchev–Trinajstić information content (AvgIpc) is 3.48. The van der Waals surface area contributed by atoms with E-state index in [9.17, 15) is 18.3 Å². The van der Waals surface area contributed by atoms with Crippen molar-refractivity contribution in [3.63, 3.8) is 0 Å². The first kappa shape index (κ1) is 22.5. The number of furan rings is 1. The van der Waals surface area contributed by atoms with Gasteiger partial charge in [-0.1, -0.05) is 6.07 Å². The van der Waals surface area contributed by atoms with E-state index in [2.05, 4.69) is 14.9 Å². The topological polar surface area (TPSA) is 149 Å². The summed E-state index contributed by atoms with van der Waals surface area (Å²) in [6.45, 7) is 0.153. The van der Waals surface area contributed by atoms with Gasteiger partial charge in [0, 0.05) is 13.1 Å². The number of nitrogens with zero attached hydrogens (tertiary/aromatic N) is 4. The van der Waals surface area contributed by atoms with Crippen LogP contribution in [0.2, 0.25) is 0 Å². The second-order valence-electron chi connectivity index (χ2n) is 7.31. The van der Waals surface area contributed by atoms with Gasteiger partial charge < -0.3 is 23.9 Å². The molecule has 1 saturated heterocycles. The van der Waals surface area contributed by atoms with Crippen LogP contribution in [0, 0.1) is 0 Å². The number of piperidine rings is 1. The highest BCUT2D eigenvalue weighted by atomic mass is 32.2. The van der Waals surface area contributed by atoms with Crippen molar-refractivity contribution in [3.8, 4) is 28.8 Å². The third kappa shape index (κ3) is 4.31. The standard InChI is InChI=1S/C20H23N5O7S/c1-30-14-7-3-8-15(31-2)17(14)25-18(16-9-5-11-32-16)21-22-19(25)23-33(28,29)13-6-4-10-24(12-13)20(26)27/h3,5,7-9,11,13H,4,6,10,12H2,1-2H3,(H,22,23)(H,26,27). The third-order valence-corrected chi connectivity index (χ3v) is 7.08. The maximum atomic E-state index is 13.2. The van der Waals surface area contributed by atoms with Crippen LogP contribution in [0.15, 0.2) is 41.0 Å². The minimum absolute atomic E-state index is 0.114. The smallest absolute Gasteiger partial charge is 0.407 e. The highest BCUT2D eigenvalue weighted by molar-refractivity contribution is 7.93. The van der Waals surface area contributed by atoms with Gasteiger partial charge in [-0.15, -0.1) is 10.2 Å². The Hall–Kier alpha value is -3.74. The fraction of sp³-hybridized carbons (Fsp3) is 0.350. The van der Waals surface area contributed by atoms with Gasteiger partial charge in [0.2, 0.25) is 21.8 Å². The molecule has 13 heteroatoms. The number of benzene rings is 1. The molecular formula is C20H23N5O7S. The van der Waals surface area contributed by atoms with E-state index >= 15 is 0 Å². The van der Waals surface area contributed by atoms with Crippen LogP contribution in [0.25, 0.3) is 17.3 Å². The zero-order chi connectivity index (χ0) is 23.6. The number of amides is 1. The number of nitrogens with one attached hydrogen (secondary N) is 1. The molecule has 1 atom stereocenters. The first-order valence-corrected chi connectivity index (χ1v) is 11.6. The van der Waals surface area contributed by atoms with E-state index in [0.717, 1.165) is 4.90 Å². The Morgan fingerprint density at radius 1 is 1.18 bits per heavy atom. The Labute approximate surface area is 189 Å². The summed E-state index contributed by atoms with van der Waals surface area (Å²) in [5, 5.41) is 16.5. The van der Waals surface area contributed by atoms with E-state index in [4.69, 9.17) is 13.9 Å². The second-order valence-corrected chi connectivity index (χ2v) is 9.27. The van der Waals surface area contributed by atoms with Crippen LogP contribution in [0.1, 0.15) is 12.8 Å². The van der Waals surface area contributed by atoms with Crippen LogP contribution in [0.4, 0.5) is 10.7 Å². The highest BCUT2D eigenvalue weighted by Gasteiger charge is 2.35. The average molecular weight is 477 g/mol. The number of carboxylic acid groups (broad SMARTS) is 1. The Kier molecular flexibility index (Phi) is 6.14. The molecule has 3 heterocycles. The number of anilines is 1. The van der Waals surface area contributed by atoms with Crippen molar-refractivity contribution in [3.05, 3.63) is 36.6 Å². The summed E-state index contributed by atoms with van der Waals surface area (Å²) in [4.78, 5) is 12.4. The lowest BCUT2D eigenvalue weighted by molar-refractivity contribution is 0.136. The minimum atomic E-state index is -4.02. The molecule has 0 saturated carbocycles. The summed E-state index contributed by atoms with van der Waals surface area (Å²) in [6.07, 6.45) is 1.05. The number of hydrogen-bond donors (Lipinski definition) is 2. The molecule has 0 aliphatic carbocycles. The maximum absolute atomic E-state index is 13.2. The molecule has 176 valence electrons. The normalized spacial score (nSPS) is 16.4. The summed E-state index contributed by atoms with van der Waals surface area (Å²) in [5.74, 6) is 1.22. The van der Waals surface area contributed by atoms with E-state index < -0.39 is 21.4 Å². The van der Waals surface area contributed by atoms with Crippen molar-refractivity contribution < 1.29 is 32.2 Å². The molecule has 2 aromatic heterocycles. The van der Waals surface area contributed by atoms with Crippen molar-refractivity contribution in [1.82, 2.24) is 19.7 Å². The molecule has 1 aliphatic rings. The predicted molar refractivity (Wildman–Crippen MR) is 117 cm³/mol. The quantitative estimate of drug-likeness (QED) is 0.523. The third-order valence-electron chi connectivity index (χ3n) is 5.35. The van der Waals surface area contributed by atoms with E-state index in [1.165, 1.54) is 25.0 Å². The number of aromatic nitrogens is 3. The summed E-state index contributed by atoms with van der Waals surface area (Å²) < 4.78 is 46.8. The lowest BCUT2D eigenvalue weighted by Crippen LogP contribution is -2.46. The van der Waals surface area contributed by atoms with E-state index in [0.29, 0.717) is 42.3 Å². The number of methoxy groups -OCH3 is 2. The molecule has 33 heavy (non-hydrogen) atoms. The molecule has 0 radical (unpaired) electrons. The lowest BCUT2D eigenvalue weighted by atomic mass is 10.1. The van der Waals surface area contributed by atoms with Gasteiger partial charge in [0.25, 0.3) is 0 Å². The van der Waals surface area contributed by atoms with Crippen LogP contribution in [-0.2, 0) is 10.0 Å². The van der Waals surface area contributed by atoms with E-state index in [1.54, 1.807) is 30.3 Å². The summed E-state index contributed by atoms with van der Waals surface area (Å²) in [6, 6.07) is 8.43. The Morgan fingerprint density at radius 2 is 1.91 bits per heavy atom. The number of para-hydroxylation sites is 1. The predicted octanol–water partition coefficient (Wildman–Crippen LogP) is 2.43. The van der Waals surface area contributed by atoms with Crippen molar-refractivity contribution in [2.45, 2.75) is 18.1 Å². The van der Waals surface area contributed by atoms with E-state index in [1.807, 2.05) is 0 Å². The molecule has 1 aliphatic heterocycles. The lowest BCUT2D eigenvalue weighted by Gasteiger charge is -2.30. The molecule has 0 spiro atoms. The van der Waals surface area contributed by atoms with Crippen LogP contribution >= 0.6 is 0 Å². The molecule has 3 aromatic rings. The monoisotopic (exact) mass is 477 g/mol. The summed E-state index contributed by atoms with van der Waals surface area (Å²) in [5.41, 5.74) is 0.368. The highest BCUT2D eigenvalue weighted by Crippen LogP contribution is 2.38. The first-order chi connectivity index (χ1) is 15.9. The summed E-state index contributed by atoms with van der Waals surface area (Å²) in [7, 11) is -1.07. The molecule has 1 aromatic carbocycles. The number of likely N-dealkylation sites (tertiary alicyclic amines) is 1. The maximum Gasteiger partial charge on any atom is 0.407 e. The number of sulfonamides is 1. The van der Waals surface area contributed by atoms with Crippen LogP contribution in [0.5, 0.6) is 11.5 Å². The van der Waals surface area contributed by atoms with Crippen LogP contribution in [-0.4, -0.2) is 71.8 Å². The molecule has 12 nitrogen and oxygen atoms in total. The fourth-order valence-corrected chi connectivity index (χ4v) is 5.16. The van der Waals surface area contributed by atoms with Crippen LogP contribution < -0.4 is 14.2 Å². The Balaban J connectivity index is 1.81. The second kappa shape index (κ2) is 9.02. The van der Waals surface area contributed by atoms with Gasteiger partial charge >= 0.3 is 6.09 Å². The molecule has 2 N–H and O–H groups in total. The van der Waals surface area contributed by atoms with Gasteiger partial charge in [0.05, 0.1) is 25.7 Å². The van der Waals surface area contributed by atoms with Gasteiger partial charge in [-0.05, 0) is 37.1 Å².